The molecule has 1 heterocycles. The van der Waals surface area contributed by atoms with Crippen LogP contribution in [0.15, 0.2) is 42.0 Å². The normalized spacial score (nSPS) is 12.2. The maximum atomic E-state index is 11.1. The quantitative estimate of drug-likeness (QED) is 0.329. The van der Waals surface area contributed by atoms with Crippen molar-refractivity contribution in [1.29, 1.82) is 0 Å². The van der Waals surface area contributed by atoms with E-state index in [2.05, 4.69) is 18.1 Å². The number of nitrogens with zero attached hydrogens (tertiary/aromatic N) is 1. The second-order valence-electron chi connectivity index (χ2n) is 6.25. The van der Waals surface area contributed by atoms with E-state index in [4.69, 9.17) is 0 Å². The van der Waals surface area contributed by atoms with Crippen molar-refractivity contribution < 1.29 is 0 Å². The molecule has 22 heavy (non-hydrogen) atoms. The van der Waals surface area contributed by atoms with Crippen molar-refractivity contribution in [3.63, 3.8) is 0 Å². The van der Waals surface area contributed by atoms with Gasteiger partial charge in [-0.05, 0) is 6.42 Å². The van der Waals surface area contributed by atoms with Gasteiger partial charge in [0, 0.05) is 24.5 Å². The van der Waals surface area contributed by atoms with Gasteiger partial charge in [-0.1, -0.05) is 77.2 Å². The smallest absolute Gasteiger partial charge is 0.181 e. The summed E-state index contributed by atoms with van der Waals surface area (Å²) >= 11 is 0. The minimum Gasteiger partial charge on any atom is -0.347 e. The lowest BCUT2D eigenvalue weighted by Gasteiger charge is -2.16. The first-order valence-electron chi connectivity index (χ1n) is 9.08. The molecule has 0 aliphatic heterocycles. The molecule has 0 N–H and O–H groups in total. The van der Waals surface area contributed by atoms with Gasteiger partial charge in [0.25, 0.3) is 0 Å². The summed E-state index contributed by atoms with van der Waals surface area (Å²) in [6, 6.07) is 3.55. The van der Waals surface area contributed by atoms with Crippen molar-refractivity contribution in [3.05, 3.63) is 47.4 Å². The van der Waals surface area contributed by atoms with Crippen LogP contribution in [0.4, 0.5) is 0 Å². The zero-order chi connectivity index (χ0) is 16.0. The minimum atomic E-state index is 0.0676. The summed E-state index contributed by atoms with van der Waals surface area (Å²) in [5, 5.41) is 0. The first-order chi connectivity index (χ1) is 10.8. The van der Waals surface area contributed by atoms with E-state index in [-0.39, 0.29) is 5.43 Å². The Balaban J connectivity index is 2.06. The van der Waals surface area contributed by atoms with Crippen LogP contribution in [0, 0.1) is 0 Å². The molecule has 124 valence electrons. The molecule has 2 heteroatoms. The third-order valence-corrected chi connectivity index (χ3v) is 4.33. The first kappa shape index (κ1) is 18.7. The lowest BCUT2D eigenvalue weighted by Crippen LogP contribution is -2.09. The van der Waals surface area contributed by atoms with Crippen molar-refractivity contribution >= 4 is 0 Å². The third-order valence-electron chi connectivity index (χ3n) is 4.33. The van der Waals surface area contributed by atoms with Crippen molar-refractivity contribution in [3.8, 4) is 0 Å². The summed E-state index contributed by atoms with van der Waals surface area (Å²) in [5.41, 5.74) is 0.0676. The van der Waals surface area contributed by atoms with E-state index in [0.717, 1.165) is 6.42 Å². The molecule has 0 aromatic carbocycles. The monoisotopic (exact) mass is 303 g/mol. The van der Waals surface area contributed by atoms with Gasteiger partial charge >= 0.3 is 0 Å². The van der Waals surface area contributed by atoms with Crippen LogP contribution in [0.1, 0.15) is 83.6 Å². The van der Waals surface area contributed by atoms with Crippen LogP contribution in [0.2, 0.25) is 0 Å². The maximum Gasteiger partial charge on any atom is 0.181 e. The summed E-state index contributed by atoms with van der Waals surface area (Å²) < 4.78 is 2.09. The van der Waals surface area contributed by atoms with Crippen LogP contribution in [0.25, 0.3) is 0 Å². The Kier molecular flexibility index (Phi) is 10.4. The van der Waals surface area contributed by atoms with Crippen molar-refractivity contribution in [2.75, 3.05) is 0 Å². The number of pyridine rings is 1. The highest BCUT2D eigenvalue weighted by molar-refractivity contribution is 4.98. The molecule has 1 unspecified atom stereocenters. The Labute approximate surface area is 136 Å². The highest BCUT2D eigenvalue weighted by Gasteiger charge is 2.04. The average molecular weight is 303 g/mol. The zero-order valence-electron chi connectivity index (χ0n) is 14.3. The maximum absolute atomic E-state index is 11.1. The van der Waals surface area contributed by atoms with Crippen LogP contribution in [-0.4, -0.2) is 4.57 Å². The van der Waals surface area contributed by atoms with Crippen LogP contribution >= 0.6 is 0 Å². The van der Waals surface area contributed by atoms with E-state index in [1.54, 1.807) is 12.1 Å². The van der Waals surface area contributed by atoms with E-state index in [1.807, 2.05) is 18.5 Å². The lowest BCUT2D eigenvalue weighted by atomic mass is 10.0. The zero-order valence-corrected chi connectivity index (χ0v) is 14.3. The van der Waals surface area contributed by atoms with Gasteiger partial charge in [0.05, 0.1) is 6.04 Å². The van der Waals surface area contributed by atoms with Crippen LogP contribution in [0.3, 0.4) is 0 Å². The second kappa shape index (κ2) is 12.3. The Morgan fingerprint density at radius 3 is 1.95 bits per heavy atom. The summed E-state index contributed by atoms with van der Waals surface area (Å²) in [6.07, 6.45) is 20.5. The number of hydrogen-bond acceptors (Lipinski definition) is 1. The molecule has 0 radical (unpaired) electrons. The van der Waals surface area contributed by atoms with E-state index >= 15 is 0 Å². The highest BCUT2D eigenvalue weighted by Crippen LogP contribution is 2.17. The number of rotatable bonds is 13. The number of aromatic nitrogens is 1. The number of hydrogen-bond donors (Lipinski definition) is 0. The molecule has 1 rings (SSSR count). The van der Waals surface area contributed by atoms with Crippen molar-refractivity contribution in [2.45, 2.75) is 83.6 Å². The predicted molar refractivity (Wildman–Crippen MR) is 96.4 cm³/mol. The fourth-order valence-corrected chi connectivity index (χ4v) is 2.87. The molecule has 0 bridgehead atoms. The fraction of sp³-hybridized carbons (Fsp3) is 0.650. The van der Waals surface area contributed by atoms with Crippen LogP contribution < -0.4 is 5.43 Å². The van der Waals surface area contributed by atoms with Gasteiger partial charge in [-0.15, -0.1) is 6.58 Å². The lowest BCUT2D eigenvalue weighted by molar-refractivity contribution is 0.496. The van der Waals surface area contributed by atoms with E-state index in [9.17, 15) is 4.79 Å². The van der Waals surface area contributed by atoms with Gasteiger partial charge in [0.15, 0.2) is 5.43 Å². The Hall–Kier alpha value is -1.31. The number of allylic oxidation sites excluding steroid dienone is 1. The molecule has 0 fully saturated rings. The van der Waals surface area contributed by atoms with Gasteiger partial charge in [-0.3, -0.25) is 4.79 Å². The van der Waals surface area contributed by atoms with Gasteiger partial charge in [0.2, 0.25) is 0 Å². The predicted octanol–water partition coefficient (Wildman–Crippen LogP) is 5.89. The highest BCUT2D eigenvalue weighted by atomic mass is 16.1. The van der Waals surface area contributed by atoms with Gasteiger partial charge in [-0.2, -0.15) is 0 Å². The number of unbranched alkanes of at least 4 members (excludes halogenated alkanes) is 9. The molecule has 0 aliphatic carbocycles. The van der Waals surface area contributed by atoms with E-state index in [0.29, 0.717) is 6.04 Å². The molecule has 0 saturated carbocycles. The standard InChI is InChI=1S/C20H33NO/c1-3-5-6-7-8-9-10-11-12-13-14-19(4-2)21-17-15-20(22)16-18-21/h4,15-19H,2-3,5-14H2,1H3. The minimum absolute atomic E-state index is 0.0676. The fourth-order valence-electron chi connectivity index (χ4n) is 2.87. The Morgan fingerprint density at radius 1 is 0.955 bits per heavy atom. The van der Waals surface area contributed by atoms with Crippen LogP contribution in [-0.2, 0) is 0 Å². The van der Waals surface area contributed by atoms with Gasteiger partial charge < -0.3 is 4.57 Å². The van der Waals surface area contributed by atoms with Crippen LogP contribution in [0.5, 0.6) is 0 Å². The topological polar surface area (TPSA) is 22.0 Å². The molecule has 0 spiro atoms. The van der Waals surface area contributed by atoms with Crippen molar-refractivity contribution in [1.82, 2.24) is 4.57 Å². The Morgan fingerprint density at radius 2 is 1.45 bits per heavy atom. The molecule has 2 nitrogen and oxygen atoms in total. The third kappa shape index (κ3) is 8.21. The molecular weight excluding hydrogens is 270 g/mol. The summed E-state index contributed by atoms with van der Waals surface area (Å²) in [6.45, 7) is 6.19. The van der Waals surface area contributed by atoms with Crippen molar-refractivity contribution in [2.24, 2.45) is 0 Å². The molecule has 0 amide bonds. The first-order valence-corrected chi connectivity index (χ1v) is 9.08. The van der Waals surface area contributed by atoms with E-state index < -0.39 is 0 Å². The Bertz CT molecular complexity index is 429. The molecular formula is C20H33NO. The molecule has 1 aromatic heterocycles. The average Bonchev–Trinajstić information content (AvgIpc) is 2.54. The SMILES string of the molecule is C=CC(CCCCCCCCCCCC)n1ccc(=O)cc1. The summed E-state index contributed by atoms with van der Waals surface area (Å²) in [7, 11) is 0. The molecule has 0 saturated heterocycles. The largest absolute Gasteiger partial charge is 0.347 e. The van der Waals surface area contributed by atoms with Gasteiger partial charge in [0.1, 0.15) is 0 Å². The second-order valence-corrected chi connectivity index (χ2v) is 6.25. The molecule has 0 aliphatic rings. The molecule has 1 aromatic rings. The summed E-state index contributed by atoms with van der Waals surface area (Å²) in [4.78, 5) is 11.1. The van der Waals surface area contributed by atoms with E-state index in [1.165, 1.54) is 64.2 Å². The molecule has 1 atom stereocenters. The van der Waals surface area contributed by atoms with Gasteiger partial charge in [-0.25, -0.2) is 0 Å². The summed E-state index contributed by atoms with van der Waals surface area (Å²) in [5.74, 6) is 0.